The van der Waals surface area contributed by atoms with E-state index in [4.69, 9.17) is 0 Å². The minimum atomic E-state index is 0.613. The summed E-state index contributed by atoms with van der Waals surface area (Å²) in [6.07, 6.45) is 4.83. The maximum Gasteiger partial charge on any atom is 0.0326 e. The molecule has 1 atom stereocenters. The Labute approximate surface area is 90.1 Å². The first-order valence-electron chi connectivity index (χ1n) is 5.15. The molecule has 1 aliphatic heterocycles. The molecule has 0 aliphatic carbocycles. The van der Waals surface area contributed by atoms with Crippen molar-refractivity contribution in [2.24, 2.45) is 0 Å². The van der Waals surface area contributed by atoms with Crippen LogP contribution in [0.4, 0.5) is 0 Å². The van der Waals surface area contributed by atoms with Gasteiger partial charge in [-0.2, -0.15) is 0 Å². The largest absolute Gasteiger partial charge is 0.299 e. The smallest absolute Gasteiger partial charge is 0.0326 e. The van der Waals surface area contributed by atoms with Crippen molar-refractivity contribution in [2.75, 3.05) is 13.6 Å². The second kappa shape index (κ2) is 4.28. The second-order valence-corrected chi connectivity index (χ2v) is 5.13. The van der Waals surface area contributed by atoms with Crippen molar-refractivity contribution in [2.45, 2.75) is 25.8 Å². The van der Waals surface area contributed by atoms with Crippen LogP contribution in [0.1, 0.15) is 18.2 Å². The number of thiophene rings is 1. The van der Waals surface area contributed by atoms with Gasteiger partial charge < -0.3 is 0 Å². The molecule has 0 bridgehead atoms. The van der Waals surface area contributed by atoms with E-state index in [1.54, 1.807) is 5.57 Å². The van der Waals surface area contributed by atoms with Gasteiger partial charge in [-0.3, -0.25) is 4.90 Å². The molecule has 0 N–H and O–H groups in total. The normalized spacial score (nSPS) is 23.6. The summed E-state index contributed by atoms with van der Waals surface area (Å²) in [5, 5.41) is 2.16. The first kappa shape index (κ1) is 9.94. The predicted molar refractivity (Wildman–Crippen MR) is 62.8 cm³/mol. The average molecular weight is 207 g/mol. The van der Waals surface area contributed by atoms with Crippen LogP contribution in [-0.2, 0) is 6.42 Å². The van der Waals surface area contributed by atoms with Crippen molar-refractivity contribution in [1.82, 2.24) is 4.90 Å². The highest BCUT2D eigenvalue weighted by Crippen LogP contribution is 2.20. The quantitative estimate of drug-likeness (QED) is 0.674. The summed E-state index contributed by atoms with van der Waals surface area (Å²) < 4.78 is 0. The van der Waals surface area contributed by atoms with E-state index in [1.807, 2.05) is 11.3 Å². The molecule has 0 saturated carbocycles. The van der Waals surface area contributed by atoms with E-state index in [0.29, 0.717) is 6.04 Å². The zero-order valence-corrected chi connectivity index (χ0v) is 9.68. The molecule has 1 unspecified atom stereocenters. The molecular formula is C12H17NS. The van der Waals surface area contributed by atoms with Crippen LogP contribution in [0.25, 0.3) is 0 Å². The highest BCUT2D eigenvalue weighted by atomic mass is 32.1. The lowest BCUT2D eigenvalue weighted by Crippen LogP contribution is -2.35. The lowest BCUT2D eigenvalue weighted by Gasteiger charge is -2.30. The summed E-state index contributed by atoms with van der Waals surface area (Å²) in [5.41, 5.74) is 1.55. The van der Waals surface area contributed by atoms with Crippen LogP contribution in [0.3, 0.4) is 0 Å². The lowest BCUT2D eigenvalue weighted by molar-refractivity contribution is 0.269. The van der Waals surface area contributed by atoms with Gasteiger partial charge in [0.15, 0.2) is 0 Å². The maximum atomic E-state index is 2.45. The van der Waals surface area contributed by atoms with Gasteiger partial charge in [0.2, 0.25) is 0 Å². The highest BCUT2D eigenvalue weighted by molar-refractivity contribution is 7.09. The molecule has 1 aromatic rings. The third kappa shape index (κ3) is 2.25. The molecule has 0 saturated heterocycles. The summed E-state index contributed by atoms with van der Waals surface area (Å²) >= 11 is 1.86. The molecule has 2 heteroatoms. The summed E-state index contributed by atoms with van der Waals surface area (Å²) in [5.74, 6) is 0. The zero-order chi connectivity index (χ0) is 9.97. The first-order chi connectivity index (χ1) is 6.75. The van der Waals surface area contributed by atoms with E-state index in [1.165, 1.54) is 24.3 Å². The van der Waals surface area contributed by atoms with Crippen molar-refractivity contribution in [1.29, 1.82) is 0 Å². The van der Waals surface area contributed by atoms with Gasteiger partial charge in [0.25, 0.3) is 0 Å². The molecule has 2 rings (SSSR count). The molecule has 1 nitrogen and oxygen atoms in total. The monoisotopic (exact) mass is 207 g/mol. The van der Waals surface area contributed by atoms with E-state index in [0.717, 1.165) is 0 Å². The molecule has 14 heavy (non-hydrogen) atoms. The van der Waals surface area contributed by atoms with Gasteiger partial charge in [0.05, 0.1) is 0 Å². The Balaban J connectivity index is 2.06. The zero-order valence-electron chi connectivity index (χ0n) is 8.86. The summed E-state index contributed by atoms with van der Waals surface area (Å²) in [4.78, 5) is 3.94. The topological polar surface area (TPSA) is 3.24 Å². The van der Waals surface area contributed by atoms with Crippen LogP contribution in [0.2, 0.25) is 0 Å². The minimum Gasteiger partial charge on any atom is -0.299 e. The Morgan fingerprint density at radius 2 is 2.43 bits per heavy atom. The molecule has 2 heterocycles. The molecule has 0 aromatic carbocycles. The molecule has 0 spiro atoms. The number of likely N-dealkylation sites (N-methyl/N-ethyl adjacent to an activating group) is 1. The Morgan fingerprint density at radius 3 is 3.14 bits per heavy atom. The van der Waals surface area contributed by atoms with Gasteiger partial charge in [-0.25, -0.2) is 0 Å². The molecule has 0 fully saturated rings. The van der Waals surface area contributed by atoms with Gasteiger partial charge in [-0.05, 0) is 31.8 Å². The average Bonchev–Trinajstić information content (AvgIpc) is 2.64. The summed E-state index contributed by atoms with van der Waals surface area (Å²) in [6.45, 7) is 3.45. The third-order valence-electron chi connectivity index (χ3n) is 2.89. The fraction of sp³-hybridized carbons (Fsp3) is 0.500. The van der Waals surface area contributed by atoms with Crippen molar-refractivity contribution in [3.63, 3.8) is 0 Å². The van der Waals surface area contributed by atoms with E-state index in [-0.39, 0.29) is 0 Å². The van der Waals surface area contributed by atoms with Gasteiger partial charge >= 0.3 is 0 Å². The molecular weight excluding hydrogens is 190 g/mol. The van der Waals surface area contributed by atoms with Crippen LogP contribution in [-0.4, -0.2) is 24.5 Å². The first-order valence-corrected chi connectivity index (χ1v) is 6.03. The Kier molecular flexibility index (Phi) is 3.04. The standard InChI is InChI=1S/C12H17NS/c1-10-5-6-13(2)11(8-10)9-12-4-3-7-14-12/h3-4,7-8,11H,5-6,9H2,1-2H3. The molecule has 1 aromatic heterocycles. The van der Waals surface area contributed by atoms with Gasteiger partial charge in [-0.15, -0.1) is 11.3 Å². The van der Waals surface area contributed by atoms with E-state index < -0.39 is 0 Å². The van der Waals surface area contributed by atoms with E-state index in [2.05, 4.69) is 42.5 Å². The van der Waals surface area contributed by atoms with Gasteiger partial charge in [0, 0.05) is 23.9 Å². The predicted octanol–water partition coefficient (Wildman–Crippen LogP) is 2.94. The Bertz CT molecular complexity index is 313. The molecule has 0 amide bonds. The fourth-order valence-electron chi connectivity index (χ4n) is 1.91. The van der Waals surface area contributed by atoms with Gasteiger partial charge in [0.1, 0.15) is 0 Å². The summed E-state index contributed by atoms with van der Waals surface area (Å²) in [7, 11) is 2.22. The molecule has 1 aliphatic rings. The van der Waals surface area contributed by atoms with E-state index >= 15 is 0 Å². The van der Waals surface area contributed by atoms with Crippen molar-refractivity contribution < 1.29 is 0 Å². The highest BCUT2D eigenvalue weighted by Gasteiger charge is 2.17. The summed E-state index contributed by atoms with van der Waals surface area (Å²) in [6, 6.07) is 4.98. The van der Waals surface area contributed by atoms with Crippen molar-refractivity contribution >= 4 is 11.3 Å². The maximum absolute atomic E-state index is 2.45. The third-order valence-corrected chi connectivity index (χ3v) is 3.79. The number of hydrogen-bond donors (Lipinski definition) is 0. The Morgan fingerprint density at radius 1 is 1.57 bits per heavy atom. The van der Waals surface area contributed by atoms with Crippen LogP contribution in [0.15, 0.2) is 29.2 Å². The van der Waals surface area contributed by atoms with Crippen LogP contribution in [0.5, 0.6) is 0 Å². The lowest BCUT2D eigenvalue weighted by atomic mass is 10.0. The Hall–Kier alpha value is -0.600. The van der Waals surface area contributed by atoms with Crippen LogP contribution < -0.4 is 0 Å². The number of hydrogen-bond acceptors (Lipinski definition) is 2. The SMILES string of the molecule is CC1=CC(Cc2cccs2)N(C)CC1. The number of nitrogens with zero attached hydrogens (tertiary/aromatic N) is 1. The fourth-order valence-corrected chi connectivity index (χ4v) is 2.66. The number of rotatable bonds is 2. The van der Waals surface area contributed by atoms with Crippen molar-refractivity contribution in [3.05, 3.63) is 34.0 Å². The van der Waals surface area contributed by atoms with Gasteiger partial charge in [-0.1, -0.05) is 17.7 Å². The van der Waals surface area contributed by atoms with Crippen LogP contribution >= 0.6 is 11.3 Å². The minimum absolute atomic E-state index is 0.613. The second-order valence-electron chi connectivity index (χ2n) is 4.09. The van der Waals surface area contributed by atoms with E-state index in [9.17, 15) is 0 Å². The van der Waals surface area contributed by atoms with Crippen molar-refractivity contribution in [3.8, 4) is 0 Å². The molecule has 76 valence electrons. The molecule has 0 radical (unpaired) electrons. The van der Waals surface area contributed by atoms with Crippen LogP contribution in [0, 0.1) is 0 Å².